The number of carbonyl (C=O) groups is 1. The van der Waals surface area contributed by atoms with Crippen molar-refractivity contribution in [2.75, 3.05) is 11.9 Å². The van der Waals surface area contributed by atoms with Crippen molar-refractivity contribution in [1.82, 2.24) is 14.6 Å². The Labute approximate surface area is 142 Å². The summed E-state index contributed by atoms with van der Waals surface area (Å²) < 4.78 is 20.9. The van der Waals surface area contributed by atoms with Crippen LogP contribution in [0.4, 0.5) is 10.2 Å². The van der Waals surface area contributed by atoms with Crippen LogP contribution in [0.3, 0.4) is 0 Å². The van der Waals surface area contributed by atoms with Crippen LogP contribution in [0.5, 0.6) is 5.75 Å². The molecule has 1 N–H and O–H groups in total. The van der Waals surface area contributed by atoms with E-state index in [1.165, 1.54) is 24.4 Å². The Morgan fingerprint density at radius 3 is 3.12 bits per heavy atom. The molecule has 0 unspecified atom stereocenters. The number of halogens is 1. The van der Waals surface area contributed by atoms with Crippen LogP contribution in [0.25, 0.3) is 5.65 Å². The minimum Gasteiger partial charge on any atom is -0.489 e. The number of allylic oxidation sites excluding steroid dienone is 1. The van der Waals surface area contributed by atoms with Gasteiger partial charge in [-0.3, -0.25) is 4.79 Å². The maximum absolute atomic E-state index is 13.7. The first-order valence-electron chi connectivity index (χ1n) is 7.86. The molecule has 6 nitrogen and oxygen atoms in total. The molecule has 0 fully saturated rings. The molecule has 2 bridgehead atoms. The van der Waals surface area contributed by atoms with Gasteiger partial charge in [0.05, 0.1) is 17.8 Å². The molecular formula is C18H15FN4O2. The van der Waals surface area contributed by atoms with Crippen LogP contribution in [0.15, 0.2) is 48.8 Å². The average Bonchev–Trinajstić information content (AvgIpc) is 3.02. The second kappa shape index (κ2) is 6.01. The van der Waals surface area contributed by atoms with Gasteiger partial charge in [0, 0.05) is 11.8 Å². The molecule has 3 heterocycles. The van der Waals surface area contributed by atoms with Gasteiger partial charge in [0.15, 0.2) is 11.4 Å². The fraction of sp³-hybridized carbons (Fsp3) is 0.167. The smallest absolute Gasteiger partial charge is 0.191 e. The molecule has 0 saturated carbocycles. The molecular weight excluding hydrogens is 323 g/mol. The van der Waals surface area contributed by atoms with Crippen molar-refractivity contribution in [3.63, 3.8) is 0 Å². The van der Waals surface area contributed by atoms with E-state index in [0.29, 0.717) is 28.3 Å². The molecule has 2 aromatic heterocycles. The predicted molar refractivity (Wildman–Crippen MR) is 90.4 cm³/mol. The second-order valence-electron chi connectivity index (χ2n) is 5.76. The lowest BCUT2D eigenvalue weighted by atomic mass is 10.1. The highest BCUT2D eigenvalue weighted by Gasteiger charge is 2.17. The Morgan fingerprint density at radius 2 is 2.24 bits per heavy atom. The Balaban J connectivity index is 1.84. The molecule has 1 aromatic carbocycles. The third kappa shape index (κ3) is 2.84. The van der Waals surface area contributed by atoms with Gasteiger partial charge in [-0.15, -0.1) is 0 Å². The summed E-state index contributed by atoms with van der Waals surface area (Å²) in [5.74, 6) is 0.581. The maximum atomic E-state index is 13.7. The third-order valence-electron chi connectivity index (χ3n) is 4.04. The van der Waals surface area contributed by atoms with E-state index in [4.69, 9.17) is 4.74 Å². The van der Waals surface area contributed by atoms with Gasteiger partial charge in [-0.05, 0) is 43.3 Å². The summed E-state index contributed by atoms with van der Waals surface area (Å²) in [4.78, 5) is 16.8. The molecule has 0 radical (unpaired) electrons. The Hall–Kier alpha value is -3.22. The van der Waals surface area contributed by atoms with Gasteiger partial charge in [-0.2, -0.15) is 5.10 Å². The predicted octanol–water partition coefficient (Wildman–Crippen LogP) is 3.17. The van der Waals surface area contributed by atoms with Gasteiger partial charge >= 0.3 is 0 Å². The molecule has 1 aliphatic rings. The number of hydrogen-bond donors (Lipinski definition) is 1. The van der Waals surface area contributed by atoms with Crippen LogP contribution < -0.4 is 10.1 Å². The molecule has 0 amide bonds. The van der Waals surface area contributed by atoms with Crippen molar-refractivity contribution >= 4 is 17.2 Å². The highest BCUT2D eigenvalue weighted by Crippen LogP contribution is 2.29. The third-order valence-corrected chi connectivity index (χ3v) is 4.04. The summed E-state index contributed by atoms with van der Waals surface area (Å²) in [6.07, 6.45) is 6.27. The molecule has 1 atom stereocenters. The van der Waals surface area contributed by atoms with Gasteiger partial charge in [0.25, 0.3) is 0 Å². The van der Waals surface area contributed by atoms with Crippen molar-refractivity contribution < 1.29 is 13.9 Å². The average molecular weight is 338 g/mol. The van der Waals surface area contributed by atoms with Crippen molar-refractivity contribution in [1.29, 1.82) is 0 Å². The van der Waals surface area contributed by atoms with Gasteiger partial charge in [0.1, 0.15) is 24.0 Å². The number of carbonyl (C=O) groups excluding carboxylic acids is 1. The van der Waals surface area contributed by atoms with Crippen LogP contribution in [-0.2, 0) is 0 Å². The largest absolute Gasteiger partial charge is 0.489 e. The Kier molecular flexibility index (Phi) is 3.68. The highest BCUT2D eigenvalue weighted by molar-refractivity contribution is 6.08. The summed E-state index contributed by atoms with van der Waals surface area (Å²) >= 11 is 0. The normalized spacial score (nSPS) is 18.5. The number of rotatable bonds is 0. The van der Waals surface area contributed by atoms with Gasteiger partial charge < -0.3 is 10.1 Å². The van der Waals surface area contributed by atoms with Gasteiger partial charge in [-0.25, -0.2) is 13.9 Å². The lowest BCUT2D eigenvalue weighted by Gasteiger charge is -2.18. The fourth-order valence-corrected chi connectivity index (χ4v) is 2.79. The van der Waals surface area contributed by atoms with E-state index in [0.717, 1.165) is 0 Å². The van der Waals surface area contributed by atoms with Gasteiger partial charge in [-0.1, -0.05) is 0 Å². The zero-order valence-electron chi connectivity index (χ0n) is 13.4. The summed E-state index contributed by atoms with van der Waals surface area (Å²) in [5.41, 5.74) is 1.55. The number of ether oxygens (including phenoxy) is 1. The van der Waals surface area contributed by atoms with E-state index >= 15 is 0 Å². The molecule has 25 heavy (non-hydrogen) atoms. The lowest BCUT2D eigenvalue weighted by molar-refractivity contribution is 0.104. The molecule has 0 aliphatic carbocycles. The van der Waals surface area contributed by atoms with E-state index in [-0.39, 0.29) is 24.2 Å². The summed E-state index contributed by atoms with van der Waals surface area (Å²) in [6.45, 7) is 2.10. The molecule has 7 heteroatoms. The number of benzene rings is 1. The SMILES string of the molecule is C[C@H]1Nc2ccn3ncc(c3n2)C(=O)/C=C/COc2ccc(F)cc21. The topological polar surface area (TPSA) is 68.5 Å². The van der Waals surface area contributed by atoms with Crippen molar-refractivity contribution in [2.45, 2.75) is 13.0 Å². The second-order valence-corrected chi connectivity index (χ2v) is 5.76. The first kappa shape index (κ1) is 15.3. The molecule has 0 saturated heterocycles. The highest BCUT2D eigenvalue weighted by atomic mass is 19.1. The van der Waals surface area contributed by atoms with Crippen molar-refractivity contribution in [3.05, 3.63) is 65.8 Å². The molecule has 126 valence electrons. The quantitative estimate of drug-likeness (QED) is 0.682. The number of nitrogens with one attached hydrogen (secondary N) is 1. The number of fused-ring (bicyclic) bond motifs is 2. The van der Waals surface area contributed by atoms with Crippen LogP contribution in [0.1, 0.15) is 28.9 Å². The molecule has 0 spiro atoms. The van der Waals surface area contributed by atoms with E-state index < -0.39 is 0 Å². The molecule has 3 aromatic rings. The first-order valence-corrected chi connectivity index (χ1v) is 7.86. The van der Waals surface area contributed by atoms with E-state index in [1.54, 1.807) is 28.9 Å². The monoisotopic (exact) mass is 338 g/mol. The minimum atomic E-state index is -0.340. The fourth-order valence-electron chi connectivity index (χ4n) is 2.79. The van der Waals surface area contributed by atoms with Crippen molar-refractivity contribution in [2.24, 2.45) is 0 Å². The van der Waals surface area contributed by atoms with Crippen LogP contribution >= 0.6 is 0 Å². The number of nitrogens with zero attached hydrogens (tertiary/aromatic N) is 3. The zero-order chi connectivity index (χ0) is 17.4. The number of ketones is 1. The number of anilines is 1. The Morgan fingerprint density at radius 1 is 1.36 bits per heavy atom. The molecule has 4 rings (SSSR count). The van der Waals surface area contributed by atoms with Crippen LogP contribution in [0, 0.1) is 5.82 Å². The summed E-state index contributed by atoms with van der Waals surface area (Å²) in [6, 6.07) is 5.88. The van der Waals surface area contributed by atoms with E-state index in [1.807, 2.05) is 6.92 Å². The Bertz CT molecular complexity index is 996. The van der Waals surface area contributed by atoms with Gasteiger partial charge in [0.2, 0.25) is 0 Å². The lowest BCUT2D eigenvalue weighted by Crippen LogP contribution is -2.11. The van der Waals surface area contributed by atoms with Crippen LogP contribution in [-0.4, -0.2) is 27.0 Å². The standard InChI is InChI=1S/C18H15FN4O2/c1-11-13-9-12(19)4-5-16(13)25-8-2-3-15(24)14-10-20-23-7-6-17(21-11)22-18(14)23/h2-7,9-11H,8H2,1H3,(H,21,22)/b3-2+/t11-/m1/s1. The molecule has 1 aliphatic heterocycles. The van der Waals surface area contributed by atoms with E-state index in [9.17, 15) is 9.18 Å². The first-order chi connectivity index (χ1) is 12.1. The summed E-state index contributed by atoms with van der Waals surface area (Å²) in [5, 5.41) is 7.36. The zero-order valence-corrected chi connectivity index (χ0v) is 13.4. The number of hydrogen-bond acceptors (Lipinski definition) is 5. The minimum absolute atomic E-state index is 0.199. The van der Waals surface area contributed by atoms with Crippen LogP contribution in [0.2, 0.25) is 0 Å². The van der Waals surface area contributed by atoms with E-state index in [2.05, 4.69) is 15.4 Å². The summed E-state index contributed by atoms with van der Waals surface area (Å²) in [7, 11) is 0. The maximum Gasteiger partial charge on any atom is 0.191 e. The van der Waals surface area contributed by atoms with Crippen molar-refractivity contribution in [3.8, 4) is 5.75 Å². The number of aromatic nitrogens is 3.